The first-order chi connectivity index (χ1) is 14.0. The van der Waals surface area contributed by atoms with Crippen LogP contribution in [0.1, 0.15) is 18.3 Å². The third-order valence-corrected chi connectivity index (χ3v) is 6.23. The summed E-state index contributed by atoms with van der Waals surface area (Å²) in [6.07, 6.45) is 0. The minimum atomic E-state index is -0.142. The number of halogens is 2. The van der Waals surface area contributed by atoms with Gasteiger partial charge in [-0.2, -0.15) is 0 Å². The Kier molecular flexibility index (Phi) is 7.57. The van der Waals surface area contributed by atoms with Crippen molar-refractivity contribution in [2.45, 2.75) is 32.2 Å². The van der Waals surface area contributed by atoms with Gasteiger partial charge < -0.3 is 14.6 Å². The Labute approximate surface area is 187 Å². The topological polar surface area (TPSA) is 69.0 Å². The van der Waals surface area contributed by atoms with Crippen LogP contribution in [0.5, 0.6) is 5.75 Å². The van der Waals surface area contributed by atoms with E-state index in [9.17, 15) is 4.79 Å². The van der Waals surface area contributed by atoms with Crippen LogP contribution in [-0.4, -0.2) is 26.4 Å². The number of carbonyl (C=O) groups is 1. The molecular formula is C20H20BrClN4O2S. The summed E-state index contributed by atoms with van der Waals surface area (Å²) >= 11 is 10.7. The molecule has 0 fully saturated rings. The number of rotatable bonds is 8. The highest BCUT2D eigenvalue weighted by Crippen LogP contribution is 2.26. The molecule has 1 heterocycles. The van der Waals surface area contributed by atoms with Gasteiger partial charge in [-0.3, -0.25) is 4.79 Å². The minimum absolute atomic E-state index is 0.142. The van der Waals surface area contributed by atoms with E-state index in [1.54, 1.807) is 18.2 Å². The summed E-state index contributed by atoms with van der Waals surface area (Å²) in [5, 5.41) is 12.5. The van der Waals surface area contributed by atoms with Crippen molar-refractivity contribution >= 4 is 50.9 Å². The quantitative estimate of drug-likeness (QED) is 0.428. The smallest absolute Gasteiger partial charge is 0.234 e. The van der Waals surface area contributed by atoms with Crippen LogP contribution >= 0.6 is 39.3 Å². The van der Waals surface area contributed by atoms with E-state index in [0.29, 0.717) is 29.0 Å². The fourth-order valence-electron chi connectivity index (χ4n) is 2.53. The standard InChI is InChI=1S/C20H20BrClN4O2S/c1-3-26-18(11-28-15-7-4-13(2)5-8-15)24-25-20(26)29-12-19(27)23-14-6-9-16(21)17(22)10-14/h4-10H,3,11-12H2,1-2H3,(H,23,27). The van der Waals surface area contributed by atoms with Gasteiger partial charge in [0, 0.05) is 16.7 Å². The largest absolute Gasteiger partial charge is 0.486 e. The van der Waals surface area contributed by atoms with Crippen LogP contribution in [0, 0.1) is 6.92 Å². The lowest BCUT2D eigenvalue weighted by Crippen LogP contribution is -2.15. The van der Waals surface area contributed by atoms with Gasteiger partial charge in [0.1, 0.15) is 12.4 Å². The molecule has 0 saturated carbocycles. The van der Waals surface area contributed by atoms with Crippen LogP contribution in [0.25, 0.3) is 0 Å². The molecule has 9 heteroatoms. The lowest BCUT2D eigenvalue weighted by Gasteiger charge is -2.09. The highest BCUT2D eigenvalue weighted by molar-refractivity contribution is 9.10. The second kappa shape index (κ2) is 10.1. The highest BCUT2D eigenvalue weighted by Gasteiger charge is 2.14. The normalized spacial score (nSPS) is 10.8. The summed E-state index contributed by atoms with van der Waals surface area (Å²) in [6, 6.07) is 13.1. The third-order valence-electron chi connectivity index (χ3n) is 4.03. The maximum atomic E-state index is 12.3. The van der Waals surface area contributed by atoms with E-state index in [-0.39, 0.29) is 11.7 Å². The average molecular weight is 496 g/mol. The monoisotopic (exact) mass is 494 g/mol. The van der Waals surface area contributed by atoms with Gasteiger partial charge in [-0.15, -0.1) is 10.2 Å². The van der Waals surface area contributed by atoms with Crippen LogP contribution < -0.4 is 10.1 Å². The van der Waals surface area contributed by atoms with Crippen LogP contribution in [0.2, 0.25) is 5.02 Å². The first-order valence-electron chi connectivity index (χ1n) is 8.95. The molecule has 1 N–H and O–H groups in total. The number of anilines is 1. The van der Waals surface area contributed by atoms with Crippen molar-refractivity contribution in [3.8, 4) is 5.75 Å². The molecule has 1 aromatic heterocycles. The van der Waals surface area contributed by atoms with E-state index in [4.69, 9.17) is 16.3 Å². The zero-order valence-electron chi connectivity index (χ0n) is 16.0. The second-order valence-electron chi connectivity index (χ2n) is 6.21. The molecule has 0 spiro atoms. The van der Waals surface area contributed by atoms with E-state index >= 15 is 0 Å². The molecule has 29 heavy (non-hydrogen) atoms. The number of nitrogens with zero attached hydrogens (tertiary/aromatic N) is 3. The molecule has 0 radical (unpaired) electrons. The number of nitrogens with one attached hydrogen (secondary N) is 1. The number of amides is 1. The number of thioether (sulfide) groups is 1. The molecule has 0 aliphatic rings. The van der Waals surface area contributed by atoms with Gasteiger partial charge in [-0.05, 0) is 60.1 Å². The number of hydrogen-bond donors (Lipinski definition) is 1. The molecule has 1 amide bonds. The zero-order chi connectivity index (χ0) is 20.8. The first kappa shape index (κ1) is 21.7. The molecule has 0 atom stereocenters. The Balaban J connectivity index is 1.57. The summed E-state index contributed by atoms with van der Waals surface area (Å²) in [5.41, 5.74) is 1.82. The van der Waals surface area contributed by atoms with Crippen molar-refractivity contribution in [2.24, 2.45) is 0 Å². The van der Waals surface area contributed by atoms with Crippen LogP contribution in [0.3, 0.4) is 0 Å². The van der Waals surface area contributed by atoms with Crippen molar-refractivity contribution in [3.05, 3.63) is 63.3 Å². The Morgan fingerprint density at radius 2 is 2.00 bits per heavy atom. The predicted molar refractivity (Wildman–Crippen MR) is 120 cm³/mol. The van der Waals surface area contributed by atoms with Crippen LogP contribution in [0.15, 0.2) is 52.1 Å². The fraction of sp³-hybridized carbons (Fsp3) is 0.250. The van der Waals surface area contributed by atoms with Crippen molar-refractivity contribution in [2.75, 3.05) is 11.1 Å². The third kappa shape index (κ3) is 5.98. The highest BCUT2D eigenvalue weighted by atomic mass is 79.9. The van der Waals surface area contributed by atoms with Gasteiger partial charge in [0.25, 0.3) is 0 Å². The summed E-state index contributed by atoms with van der Waals surface area (Å²) in [6.45, 7) is 5.04. The summed E-state index contributed by atoms with van der Waals surface area (Å²) in [5.74, 6) is 1.57. The van der Waals surface area contributed by atoms with E-state index in [1.807, 2.05) is 42.7 Å². The van der Waals surface area contributed by atoms with Gasteiger partial charge in [-0.25, -0.2) is 0 Å². The Morgan fingerprint density at radius 3 is 2.69 bits per heavy atom. The number of ether oxygens (including phenoxy) is 1. The van der Waals surface area contributed by atoms with Gasteiger partial charge in [-0.1, -0.05) is 41.1 Å². The molecule has 6 nitrogen and oxygen atoms in total. The zero-order valence-corrected chi connectivity index (χ0v) is 19.1. The fourth-order valence-corrected chi connectivity index (χ4v) is 3.78. The molecule has 3 aromatic rings. The molecule has 0 unspecified atom stereocenters. The molecular weight excluding hydrogens is 476 g/mol. The molecule has 3 rings (SSSR count). The van der Waals surface area contributed by atoms with Crippen LogP contribution in [0.4, 0.5) is 5.69 Å². The summed E-state index contributed by atoms with van der Waals surface area (Å²) in [7, 11) is 0. The van der Waals surface area contributed by atoms with E-state index in [0.717, 1.165) is 16.0 Å². The number of aryl methyl sites for hydroxylation is 1. The molecule has 0 saturated heterocycles. The number of hydrogen-bond acceptors (Lipinski definition) is 5. The Hall–Kier alpha value is -2.03. The van der Waals surface area contributed by atoms with E-state index in [2.05, 4.69) is 31.4 Å². The maximum absolute atomic E-state index is 12.3. The number of carbonyl (C=O) groups excluding carboxylic acids is 1. The maximum Gasteiger partial charge on any atom is 0.234 e. The molecule has 0 aliphatic heterocycles. The minimum Gasteiger partial charge on any atom is -0.486 e. The number of benzene rings is 2. The van der Waals surface area contributed by atoms with Crippen molar-refractivity contribution in [1.29, 1.82) is 0 Å². The van der Waals surface area contributed by atoms with Gasteiger partial charge in [0.15, 0.2) is 11.0 Å². The molecule has 152 valence electrons. The van der Waals surface area contributed by atoms with Gasteiger partial charge in [0.2, 0.25) is 5.91 Å². The first-order valence-corrected chi connectivity index (χ1v) is 11.1. The molecule has 0 bridgehead atoms. The second-order valence-corrected chi connectivity index (χ2v) is 8.41. The number of aromatic nitrogens is 3. The Morgan fingerprint density at radius 1 is 1.24 bits per heavy atom. The van der Waals surface area contributed by atoms with Gasteiger partial charge >= 0.3 is 0 Å². The van der Waals surface area contributed by atoms with Crippen molar-refractivity contribution in [3.63, 3.8) is 0 Å². The average Bonchev–Trinajstić information content (AvgIpc) is 3.10. The molecule has 2 aromatic carbocycles. The SMILES string of the molecule is CCn1c(COc2ccc(C)cc2)nnc1SCC(=O)Nc1ccc(Br)c(Cl)c1. The lowest BCUT2D eigenvalue weighted by atomic mass is 10.2. The van der Waals surface area contributed by atoms with E-state index in [1.165, 1.54) is 17.3 Å². The molecule has 0 aliphatic carbocycles. The van der Waals surface area contributed by atoms with Crippen LogP contribution in [-0.2, 0) is 17.9 Å². The van der Waals surface area contributed by atoms with Crippen molar-refractivity contribution < 1.29 is 9.53 Å². The summed E-state index contributed by atoms with van der Waals surface area (Å²) in [4.78, 5) is 12.3. The van der Waals surface area contributed by atoms with E-state index < -0.39 is 0 Å². The van der Waals surface area contributed by atoms with Crippen molar-refractivity contribution in [1.82, 2.24) is 14.8 Å². The summed E-state index contributed by atoms with van der Waals surface area (Å²) < 4.78 is 8.53. The Bertz CT molecular complexity index is 995. The predicted octanol–water partition coefficient (Wildman–Crippen LogP) is 5.33. The lowest BCUT2D eigenvalue weighted by molar-refractivity contribution is -0.113. The van der Waals surface area contributed by atoms with Gasteiger partial charge in [0.05, 0.1) is 10.8 Å².